The largest absolute Gasteiger partial charge is 0.396 e. The fraction of sp³-hybridized carbons (Fsp3) is 0.0769. The molecule has 0 amide bonds. The van der Waals surface area contributed by atoms with Crippen molar-refractivity contribution in [2.24, 2.45) is 0 Å². The van der Waals surface area contributed by atoms with E-state index in [1.165, 1.54) is 7.05 Å². The fourth-order valence-electron chi connectivity index (χ4n) is 1.67. The van der Waals surface area contributed by atoms with Gasteiger partial charge in [-0.05, 0) is 24.3 Å². The number of nitrogens with zero attached hydrogens (tertiary/aromatic N) is 1. The highest BCUT2D eigenvalue weighted by Gasteiger charge is 2.25. The summed E-state index contributed by atoms with van der Waals surface area (Å²) in [6, 6.07) is 10.4. The molecule has 0 bridgehead atoms. The zero-order valence-corrected chi connectivity index (χ0v) is 12.1. The quantitative estimate of drug-likeness (QED) is 0.886. The monoisotopic (exact) mass is 314 g/mol. The molecule has 0 radical (unpaired) electrons. The number of nitrogens with two attached hydrogens (primary N) is 1. The van der Waals surface area contributed by atoms with E-state index in [2.05, 4.69) is 0 Å². The normalized spacial score (nSPS) is 11.3. The molecule has 4 nitrogen and oxygen atoms in total. The van der Waals surface area contributed by atoms with Crippen molar-refractivity contribution in [2.75, 3.05) is 17.1 Å². The van der Waals surface area contributed by atoms with Crippen LogP contribution in [0.3, 0.4) is 0 Å². The van der Waals surface area contributed by atoms with Crippen LogP contribution in [0.1, 0.15) is 0 Å². The van der Waals surface area contributed by atoms with Gasteiger partial charge in [-0.25, -0.2) is 12.8 Å². The van der Waals surface area contributed by atoms with Crippen LogP contribution >= 0.6 is 11.6 Å². The molecule has 106 valence electrons. The van der Waals surface area contributed by atoms with Crippen molar-refractivity contribution in [2.45, 2.75) is 4.90 Å². The molecule has 0 unspecified atom stereocenters. The predicted molar refractivity (Wildman–Crippen MR) is 77.9 cm³/mol. The highest BCUT2D eigenvalue weighted by atomic mass is 35.5. The highest BCUT2D eigenvalue weighted by Crippen LogP contribution is 2.30. The van der Waals surface area contributed by atoms with Crippen LogP contribution in [0.4, 0.5) is 15.8 Å². The van der Waals surface area contributed by atoms with Gasteiger partial charge >= 0.3 is 0 Å². The number of hydrogen-bond acceptors (Lipinski definition) is 3. The Hall–Kier alpha value is -1.79. The molecule has 0 fully saturated rings. The van der Waals surface area contributed by atoms with E-state index in [4.69, 9.17) is 17.3 Å². The van der Waals surface area contributed by atoms with Crippen LogP contribution in [-0.4, -0.2) is 15.5 Å². The lowest BCUT2D eigenvalue weighted by atomic mass is 10.3. The van der Waals surface area contributed by atoms with E-state index in [9.17, 15) is 12.8 Å². The Morgan fingerprint density at radius 3 is 2.40 bits per heavy atom. The molecule has 7 heteroatoms. The van der Waals surface area contributed by atoms with Gasteiger partial charge in [0.15, 0.2) is 0 Å². The van der Waals surface area contributed by atoms with Crippen LogP contribution in [-0.2, 0) is 10.0 Å². The molecular formula is C13H12ClFN2O2S. The lowest BCUT2D eigenvalue weighted by Crippen LogP contribution is -2.27. The van der Waals surface area contributed by atoms with E-state index in [0.717, 1.165) is 16.4 Å². The molecule has 0 aliphatic rings. The number of halogens is 2. The first-order valence-corrected chi connectivity index (χ1v) is 7.44. The first-order valence-electron chi connectivity index (χ1n) is 5.62. The second-order valence-corrected chi connectivity index (χ2v) is 6.46. The van der Waals surface area contributed by atoms with Crippen molar-refractivity contribution >= 4 is 33.0 Å². The van der Waals surface area contributed by atoms with Gasteiger partial charge in [0.05, 0.1) is 16.4 Å². The summed E-state index contributed by atoms with van der Waals surface area (Å²) in [7, 11) is -2.52. The van der Waals surface area contributed by atoms with Gasteiger partial charge in [-0.2, -0.15) is 0 Å². The third-order valence-electron chi connectivity index (χ3n) is 2.81. The molecule has 2 aromatic carbocycles. The van der Waals surface area contributed by atoms with Gasteiger partial charge in [-0.3, -0.25) is 4.31 Å². The summed E-state index contributed by atoms with van der Waals surface area (Å²) in [6.07, 6.45) is 0. The van der Waals surface area contributed by atoms with Gasteiger partial charge in [-0.1, -0.05) is 29.8 Å². The standard InChI is InChI=1S/C13H12ClFN2O2S/c1-17(9-5-3-2-4-6-9)20(18,19)13-8-12(16)11(15)7-10(13)14/h2-8H,16H2,1H3. The van der Waals surface area contributed by atoms with Crippen molar-refractivity contribution < 1.29 is 12.8 Å². The highest BCUT2D eigenvalue weighted by molar-refractivity contribution is 7.93. The summed E-state index contributed by atoms with van der Waals surface area (Å²) in [5, 5.41) is -0.209. The van der Waals surface area contributed by atoms with Crippen molar-refractivity contribution in [3.63, 3.8) is 0 Å². The Kier molecular flexibility index (Phi) is 3.87. The van der Waals surface area contributed by atoms with Gasteiger partial charge in [0, 0.05) is 7.05 Å². The summed E-state index contributed by atoms with van der Waals surface area (Å²) in [6.45, 7) is 0. The molecule has 0 heterocycles. The first-order chi connectivity index (χ1) is 9.34. The molecule has 0 aliphatic carbocycles. The molecule has 0 aromatic heterocycles. The number of anilines is 2. The maximum absolute atomic E-state index is 13.3. The van der Waals surface area contributed by atoms with E-state index in [1.54, 1.807) is 30.3 Å². The topological polar surface area (TPSA) is 63.4 Å². The number of benzene rings is 2. The van der Waals surface area contributed by atoms with Crippen LogP contribution in [0.25, 0.3) is 0 Å². The van der Waals surface area contributed by atoms with Gasteiger partial charge in [0.1, 0.15) is 10.7 Å². The van der Waals surface area contributed by atoms with Crippen LogP contribution in [0.15, 0.2) is 47.4 Å². The second-order valence-electron chi connectivity index (χ2n) is 4.11. The Balaban J connectivity index is 2.54. The number of rotatable bonds is 3. The van der Waals surface area contributed by atoms with Gasteiger partial charge in [0.2, 0.25) is 0 Å². The summed E-state index contributed by atoms with van der Waals surface area (Å²) in [5.74, 6) is -0.753. The van der Waals surface area contributed by atoms with E-state index >= 15 is 0 Å². The SMILES string of the molecule is CN(c1ccccc1)S(=O)(=O)c1cc(N)c(F)cc1Cl. The summed E-state index contributed by atoms with van der Waals surface area (Å²) < 4.78 is 39.3. The van der Waals surface area contributed by atoms with Crippen molar-refractivity contribution in [1.29, 1.82) is 0 Å². The molecule has 2 N–H and O–H groups in total. The van der Waals surface area contributed by atoms with E-state index < -0.39 is 15.8 Å². The maximum Gasteiger partial charge on any atom is 0.265 e. The summed E-state index contributed by atoms with van der Waals surface area (Å²) in [4.78, 5) is -0.232. The molecular weight excluding hydrogens is 303 g/mol. The van der Waals surface area contributed by atoms with Crippen molar-refractivity contribution in [3.05, 3.63) is 53.3 Å². The molecule has 0 atom stereocenters. The Morgan fingerprint density at radius 1 is 1.20 bits per heavy atom. The summed E-state index contributed by atoms with van der Waals surface area (Å²) >= 11 is 5.82. The van der Waals surface area contributed by atoms with E-state index in [0.29, 0.717) is 5.69 Å². The Morgan fingerprint density at radius 2 is 1.80 bits per heavy atom. The average Bonchev–Trinajstić information content (AvgIpc) is 2.42. The smallest absolute Gasteiger partial charge is 0.265 e. The van der Waals surface area contributed by atoms with E-state index in [1.807, 2.05) is 0 Å². The molecule has 0 spiro atoms. The molecule has 2 aromatic rings. The third-order valence-corrected chi connectivity index (χ3v) is 5.06. The van der Waals surface area contributed by atoms with Gasteiger partial charge in [-0.15, -0.1) is 0 Å². The average molecular weight is 315 g/mol. The predicted octanol–water partition coefficient (Wildman–Crippen LogP) is 2.89. The van der Waals surface area contributed by atoms with Gasteiger partial charge in [0.25, 0.3) is 10.0 Å². The number of nitrogen functional groups attached to an aromatic ring is 1. The fourth-order valence-corrected chi connectivity index (χ4v) is 3.39. The molecule has 0 saturated heterocycles. The Bertz CT molecular complexity index is 736. The molecule has 2 rings (SSSR count). The van der Waals surface area contributed by atoms with Crippen LogP contribution in [0.5, 0.6) is 0 Å². The maximum atomic E-state index is 13.3. The number of sulfonamides is 1. The van der Waals surface area contributed by atoms with Gasteiger partial charge < -0.3 is 5.73 Å². The first kappa shape index (κ1) is 14.6. The minimum atomic E-state index is -3.91. The minimum Gasteiger partial charge on any atom is -0.396 e. The van der Waals surface area contributed by atoms with Crippen LogP contribution < -0.4 is 10.0 Å². The zero-order valence-electron chi connectivity index (χ0n) is 10.5. The van der Waals surface area contributed by atoms with E-state index in [-0.39, 0.29) is 15.6 Å². The van der Waals surface area contributed by atoms with Crippen LogP contribution in [0, 0.1) is 5.82 Å². The lowest BCUT2D eigenvalue weighted by molar-refractivity contribution is 0.593. The Labute approximate surface area is 121 Å². The molecule has 20 heavy (non-hydrogen) atoms. The number of hydrogen-bond donors (Lipinski definition) is 1. The summed E-state index contributed by atoms with van der Waals surface area (Å²) in [5.41, 5.74) is 5.60. The third kappa shape index (κ3) is 2.57. The molecule has 0 saturated carbocycles. The van der Waals surface area contributed by atoms with Crippen molar-refractivity contribution in [1.82, 2.24) is 0 Å². The minimum absolute atomic E-state index is 0.209. The lowest BCUT2D eigenvalue weighted by Gasteiger charge is -2.20. The van der Waals surface area contributed by atoms with Crippen LogP contribution in [0.2, 0.25) is 5.02 Å². The zero-order chi connectivity index (χ0) is 14.9. The number of para-hydroxylation sites is 1. The molecule has 0 aliphatic heterocycles. The van der Waals surface area contributed by atoms with Crippen molar-refractivity contribution in [3.8, 4) is 0 Å². The second kappa shape index (κ2) is 5.30.